The van der Waals surface area contributed by atoms with E-state index in [1.165, 1.54) is 16.0 Å². The van der Waals surface area contributed by atoms with Crippen molar-refractivity contribution in [2.75, 3.05) is 6.54 Å². The van der Waals surface area contributed by atoms with E-state index in [1.54, 1.807) is 22.1 Å². The van der Waals surface area contributed by atoms with Crippen LogP contribution in [-0.4, -0.2) is 70.0 Å². The van der Waals surface area contributed by atoms with Crippen LogP contribution in [0.15, 0.2) is 77.2 Å². The second kappa shape index (κ2) is 15.9. The summed E-state index contributed by atoms with van der Waals surface area (Å²) in [5.74, 6) is 0.512. The molecule has 3 aromatic carbocycles. The predicted octanol–water partition coefficient (Wildman–Crippen LogP) is 8.18. The Labute approximate surface area is 364 Å². The van der Waals surface area contributed by atoms with Crippen molar-refractivity contribution in [2.24, 2.45) is 5.92 Å². The number of rotatable bonds is 9. The van der Waals surface area contributed by atoms with Crippen LogP contribution in [0.25, 0.3) is 27.0 Å². The Morgan fingerprint density at radius 2 is 1.70 bits per heavy atom. The number of thiazole rings is 1. The zero-order valence-corrected chi connectivity index (χ0v) is 36.9. The van der Waals surface area contributed by atoms with Gasteiger partial charge in [-0.15, -0.1) is 16.4 Å². The van der Waals surface area contributed by atoms with Crippen molar-refractivity contribution in [2.45, 2.75) is 115 Å². The number of aryl methyl sites for hydroxylation is 1. The maximum Gasteiger partial charge on any atom is 0.282 e. The highest BCUT2D eigenvalue weighted by Crippen LogP contribution is 2.50. The van der Waals surface area contributed by atoms with E-state index in [-0.39, 0.29) is 48.2 Å². The number of aromatic nitrogens is 6. The Kier molecular flexibility index (Phi) is 10.7. The molecule has 0 spiro atoms. The molecule has 0 unspecified atom stereocenters. The molecule has 4 atom stereocenters. The minimum absolute atomic E-state index is 0.0741. The van der Waals surface area contributed by atoms with Crippen molar-refractivity contribution in [3.63, 3.8) is 0 Å². The third-order valence-corrected chi connectivity index (χ3v) is 14.6. The lowest BCUT2D eigenvalue weighted by molar-refractivity contribution is -0.142. The third-order valence-electron chi connectivity index (χ3n) is 13.3. The molecule has 12 nitrogen and oxygen atoms in total. The van der Waals surface area contributed by atoms with Gasteiger partial charge in [0, 0.05) is 25.1 Å². The van der Waals surface area contributed by atoms with Gasteiger partial charge in [-0.05, 0) is 106 Å². The molecule has 2 aliphatic heterocycles. The highest BCUT2D eigenvalue weighted by atomic mass is 35.5. The van der Waals surface area contributed by atoms with Crippen LogP contribution in [0.2, 0.25) is 5.02 Å². The van der Waals surface area contributed by atoms with Gasteiger partial charge < -0.3 is 15.3 Å². The van der Waals surface area contributed by atoms with E-state index in [0.29, 0.717) is 16.3 Å². The number of carbonyl (C=O) groups is 2. The number of nitrogens with zero attached hydrogens (tertiary/aromatic N) is 7. The average Bonchev–Trinajstić information content (AvgIpc) is 4.04. The molecule has 0 radical (unpaired) electrons. The van der Waals surface area contributed by atoms with E-state index >= 15 is 0 Å². The Bertz CT molecular complexity index is 2710. The van der Waals surface area contributed by atoms with Gasteiger partial charge in [0.15, 0.2) is 0 Å². The maximum absolute atomic E-state index is 14.4. The third kappa shape index (κ3) is 7.17. The number of β-amino-alcohol motifs (C(OH)–C–C–N with tert-alkyl or cyclic N) is 1. The van der Waals surface area contributed by atoms with Crippen LogP contribution >= 0.6 is 22.9 Å². The Morgan fingerprint density at radius 3 is 2.41 bits per heavy atom. The molecule has 2 fully saturated rings. The molecule has 1 saturated carbocycles. The van der Waals surface area contributed by atoms with Crippen LogP contribution in [0.5, 0.6) is 0 Å². The van der Waals surface area contributed by atoms with Crippen molar-refractivity contribution in [3.05, 3.63) is 122 Å². The molecule has 0 bridgehead atoms. The fourth-order valence-corrected chi connectivity index (χ4v) is 11.2. The van der Waals surface area contributed by atoms with E-state index in [4.69, 9.17) is 11.6 Å². The van der Waals surface area contributed by atoms with Crippen molar-refractivity contribution >= 4 is 45.7 Å². The number of aliphatic hydroxyl groups excluding tert-OH is 1. The first-order valence-electron chi connectivity index (χ1n) is 21.3. The quantitative estimate of drug-likeness (QED) is 0.148. The Hall–Kier alpha value is -5.24. The van der Waals surface area contributed by atoms with Gasteiger partial charge in [-0.1, -0.05) is 73.1 Å². The lowest BCUT2D eigenvalue weighted by atomic mass is 9.72. The summed E-state index contributed by atoms with van der Waals surface area (Å²) < 4.78 is 3.78. The number of hydrogen-bond acceptors (Lipinski definition) is 9. The molecule has 14 heteroatoms. The number of nitrogens with one attached hydrogen (secondary N) is 1. The minimum atomic E-state index is -0.811. The first-order chi connectivity index (χ1) is 29.2. The largest absolute Gasteiger partial charge is 0.391 e. The van der Waals surface area contributed by atoms with Gasteiger partial charge in [-0.25, -0.2) is 9.67 Å². The molecule has 2 N–H and O–H groups in total. The van der Waals surface area contributed by atoms with Crippen molar-refractivity contribution < 1.29 is 14.7 Å². The normalized spacial score (nSPS) is 21.7. The van der Waals surface area contributed by atoms with Crippen LogP contribution in [-0.2, 0) is 15.0 Å². The number of aliphatic hydroxyl groups is 1. The van der Waals surface area contributed by atoms with E-state index in [2.05, 4.69) is 62.2 Å². The number of benzene rings is 3. The second-order valence-corrected chi connectivity index (χ2v) is 19.2. The standard InChI is InChI=1S/C47H51ClN8O4S/c1-25(2)41(45(60)54-22-32(57)21-38(54)43(58)50-26(3)28-13-19-31(20-14-28)42-27(4)49-24-61-42)55-23-35(52-53-55)30-17-15-29(16-18-30)33-9-7-12-37-40(33)47(5,6)46-51-44(59)39-34(48)10-8-11-36(39)56(37)46/h7-14,19-20,23-26,29-30,32,38,41,57H,15-18,21-22H2,1-6H3,(H,50,58)/t26-,29?,30?,32+,38-,41-/m0/s1. The molecule has 316 valence electrons. The number of carbonyl (C=O) groups excluding carboxylic acids is 2. The molecule has 1 aliphatic carbocycles. The SMILES string of the molecule is Cc1ncsc1-c1ccc([C@H](C)NC(=O)[C@@H]2C[C@@H](O)CN2C(=O)[C@H](C(C)C)n2cc(C3CCC(c4cccc5c4C(C)(C)c4nc(=O)c6c(Cl)cccc6n4-5)CC3)nn2)cc1. The molecule has 3 aromatic heterocycles. The zero-order chi connectivity index (χ0) is 42.9. The average molecular weight is 859 g/mol. The Balaban J connectivity index is 0.886. The van der Waals surface area contributed by atoms with Crippen molar-refractivity contribution in [1.82, 2.24) is 39.7 Å². The van der Waals surface area contributed by atoms with Crippen LogP contribution < -0.4 is 10.9 Å². The van der Waals surface area contributed by atoms with Gasteiger partial charge >= 0.3 is 0 Å². The predicted molar refractivity (Wildman–Crippen MR) is 237 cm³/mol. The highest BCUT2D eigenvalue weighted by molar-refractivity contribution is 7.13. The molecular formula is C47H51ClN8O4S. The number of halogens is 1. The summed E-state index contributed by atoms with van der Waals surface area (Å²) in [6, 6.07) is 18.3. The van der Waals surface area contributed by atoms with Gasteiger partial charge in [0.2, 0.25) is 11.8 Å². The molecule has 3 aliphatic rings. The smallest absolute Gasteiger partial charge is 0.282 e. The van der Waals surface area contributed by atoms with Crippen LogP contribution in [0.4, 0.5) is 0 Å². The lowest BCUT2D eigenvalue weighted by Gasteiger charge is -2.31. The lowest BCUT2D eigenvalue weighted by Crippen LogP contribution is -2.49. The van der Waals surface area contributed by atoms with Crippen molar-refractivity contribution in [3.8, 4) is 16.1 Å². The van der Waals surface area contributed by atoms with E-state index < -0.39 is 23.6 Å². The Morgan fingerprint density at radius 1 is 0.984 bits per heavy atom. The van der Waals surface area contributed by atoms with Crippen LogP contribution in [0.1, 0.15) is 125 Å². The van der Waals surface area contributed by atoms with E-state index in [0.717, 1.165) is 70.1 Å². The number of amides is 2. The fraction of sp³-hybridized carbons (Fsp3) is 0.426. The van der Waals surface area contributed by atoms with Gasteiger partial charge in [0.05, 0.1) is 60.9 Å². The number of likely N-dealkylation sites (tertiary alicyclic amines) is 1. The summed E-state index contributed by atoms with van der Waals surface area (Å²) in [6.45, 7) is 12.2. The first-order valence-corrected chi connectivity index (χ1v) is 22.5. The molecule has 2 amide bonds. The van der Waals surface area contributed by atoms with Crippen LogP contribution in [0, 0.1) is 12.8 Å². The molecule has 1 saturated heterocycles. The van der Waals surface area contributed by atoms with E-state index in [1.807, 2.05) is 75.8 Å². The molecular weight excluding hydrogens is 808 g/mol. The summed E-state index contributed by atoms with van der Waals surface area (Å²) >= 11 is 8.12. The zero-order valence-electron chi connectivity index (χ0n) is 35.3. The van der Waals surface area contributed by atoms with Gasteiger partial charge in [0.1, 0.15) is 17.9 Å². The summed E-state index contributed by atoms with van der Waals surface area (Å²) in [5.41, 5.74) is 9.19. The number of hydrogen-bond donors (Lipinski definition) is 2. The topological polar surface area (TPSA) is 148 Å². The first kappa shape index (κ1) is 41.1. The second-order valence-electron chi connectivity index (χ2n) is 18.0. The molecule has 5 heterocycles. The molecule has 61 heavy (non-hydrogen) atoms. The fourth-order valence-electron chi connectivity index (χ4n) is 10.2. The summed E-state index contributed by atoms with van der Waals surface area (Å²) in [4.78, 5) is 53.1. The molecule has 6 aromatic rings. The van der Waals surface area contributed by atoms with Crippen molar-refractivity contribution in [1.29, 1.82) is 0 Å². The van der Waals surface area contributed by atoms with Gasteiger partial charge in [0.25, 0.3) is 5.56 Å². The monoisotopic (exact) mass is 858 g/mol. The number of fused-ring (bicyclic) bond motifs is 5. The summed E-state index contributed by atoms with van der Waals surface area (Å²) in [7, 11) is 0. The maximum atomic E-state index is 14.4. The summed E-state index contributed by atoms with van der Waals surface area (Å²) in [5, 5.41) is 23.9. The highest BCUT2D eigenvalue weighted by Gasteiger charge is 2.44. The van der Waals surface area contributed by atoms with Gasteiger partial charge in [-0.3, -0.25) is 19.0 Å². The van der Waals surface area contributed by atoms with Crippen LogP contribution in [0.3, 0.4) is 0 Å². The minimum Gasteiger partial charge on any atom is -0.391 e. The summed E-state index contributed by atoms with van der Waals surface area (Å²) in [6.07, 6.45) is 4.96. The van der Waals surface area contributed by atoms with Gasteiger partial charge in [-0.2, -0.15) is 4.98 Å². The molecule has 9 rings (SSSR count). The van der Waals surface area contributed by atoms with E-state index in [9.17, 15) is 19.5 Å².